The first-order chi connectivity index (χ1) is 13.0. The zero-order valence-corrected chi connectivity index (χ0v) is 16.6. The molecule has 0 heterocycles. The predicted molar refractivity (Wildman–Crippen MR) is 106 cm³/mol. The van der Waals surface area contributed by atoms with Crippen molar-refractivity contribution in [3.05, 3.63) is 24.3 Å². The lowest BCUT2D eigenvalue weighted by molar-refractivity contribution is -0.128. The van der Waals surface area contributed by atoms with Crippen LogP contribution >= 0.6 is 0 Å². The summed E-state index contributed by atoms with van der Waals surface area (Å²) >= 11 is 0. The third-order valence-electron chi connectivity index (χ3n) is 4.80. The summed E-state index contributed by atoms with van der Waals surface area (Å²) in [4.78, 5) is 24.9. The number of methoxy groups -OCH3 is 1. The van der Waals surface area contributed by atoms with Crippen LogP contribution in [0.1, 0.15) is 46.0 Å². The lowest BCUT2D eigenvalue weighted by Gasteiger charge is -2.27. The van der Waals surface area contributed by atoms with E-state index < -0.39 is 0 Å². The fourth-order valence-electron chi connectivity index (χ4n) is 3.35. The minimum Gasteiger partial charge on any atom is -0.489 e. The second-order valence-corrected chi connectivity index (χ2v) is 7.34. The Balaban J connectivity index is 1.81. The molecule has 0 aliphatic heterocycles. The highest BCUT2D eigenvalue weighted by Gasteiger charge is 2.30. The van der Waals surface area contributed by atoms with Crippen LogP contribution in [-0.4, -0.2) is 38.2 Å². The Morgan fingerprint density at radius 1 is 1.07 bits per heavy atom. The molecule has 6 nitrogen and oxygen atoms in total. The Morgan fingerprint density at radius 2 is 1.70 bits per heavy atom. The highest BCUT2D eigenvalue weighted by molar-refractivity contribution is 5.94. The SMILES string of the molecule is COCCCNC(=O)C1CCC(C(=O)Nc2ccccc2OC(C)C)CC1. The van der Waals surface area contributed by atoms with Gasteiger partial charge in [-0.25, -0.2) is 0 Å². The number of para-hydroxylation sites is 2. The van der Waals surface area contributed by atoms with Crippen LogP contribution in [0.2, 0.25) is 0 Å². The molecule has 6 heteroatoms. The fraction of sp³-hybridized carbons (Fsp3) is 0.619. The van der Waals surface area contributed by atoms with Crippen LogP contribution in [0.4, 0.5) is 5.69 Å². The molecule has 0 atom stereocenters. The monoisotopic (exact) mass is 376 g/mol. The van der Waals surface area contributed by atoms with Crippen molar-refractivity contribution < 1.29 is 19.1 Å². The van der Waals surface area contributed by atoms with Crippen molar-refractivity contribution in [1.82, 2.24) is 5.32 Å². The molecular formula is C21H32N2O4. The van der Waals surface area contributed by atoms with E-state index in [1.807, 2.05) is 38.1 Å². The van der Waals surface area contributed by atoms with Gasteiger partial charge in [0.2, 0.25) is 11.8 Å². The average Bonchev–Trinajstić information content (AvgIpc) is 2.66. The van der Waals surface area contributed by atoms with E-state index in [4.69, 9.17) is 9.47 Å². The summed E-state index contributed by atoms with van der Waals surface area (Å²) in [5.41, 5.74) is 0.703. The van der Waals surface area contributed by atoms with Gasteiger partial charge in [-0.1, -0.05) is 12.1 Å². The van der Waals surface area contributed by atoms with Gasteiger partial charge in [-0.3, -0.25) is 9.59 Å². The van der Waals surface area contributed by atoms with Gasteiger partial charge in [-0.05, 0) is 58.1 Å². The van der Waals surface area contributed by atoms with Gasteiger partial charge >= 0.3 is 0 Å². The first-order valence-electron chi connectivity index (χ1n) is 9.84. The predicted octanol–water partition coefficient (Wildman–Crippen LogP) is 3.37. The Hall–Kier alpha value is -2.08. The number of hydrogen-bond donors (Lipinski definition) is 2. The minimum absolute atomic E-state index is 0.00755. The Labute approximate surface area is 162 Å². The number of amides is 2. The number of hydrogen-bond acceptors (Lipinski definition) is 4. The molecule has 1 fully saturated rings. The van der Waals surface area contributed by atoms with Crippen LogP contribution in [-0.2, 0) is 14.3 Å². The normalized spacial score (nSPS) is 19.6. The van der Waals surface area contributed by atoms with Crippen molar-refractivity contribution in [3.8, 4) is 5.75 Å². The number of nitrogens with one attached hydrogen (secondary N) is 2. The Morgan fingerprint density at radius 3 is 2.33 bits per heavy atom. The van der Waals surface area contributed by atoms with Crippen molar-refractivity contribution in [3.63, 3.8) is 0 Å². The van der Waals surface area contributed by atoms with Crippen molar-refractivity contribution in [2.24, 2.45) is 11.8 Å². The van der Waals surface area contributed by atoms with Crippen molar-refractivity contribution in [2.75, 3.05) is 25.6 Å². The molecule has 0 spiro atoms. The molecule has 0 aromatic heterocycles. The summed E-state index contributed by atoms with van der Waals surface area (Å²) in [5, 5.41) is 5.96. The highest BCUT2D eigenvalue weighted by Crippen LogP contribution is 2.31. The molecule has 2 N–H and O–H groups in total. The summed E-state index contributed by atoms with van der Waals surface area (Å²) in [6, 6.07) is 7.49. The maximum absolute atomic E-state index is 12.6. The summed E-state index contributed by atoms with van der Waals surface area (Å²) in [5.74, 6) is 0.738. The Bertz CT molecular complexity index is 610. The van der Waals surface area contributed by atoms with Gasteiger partial charge in [0.1, 0.15) is 5.75 Å². The third kappa shape index (κ3) is 6.86. The van der Waals surface area contributed by atoms with E-state index in [0.717, 1.165) is 32.1 Å². The molecule has 0 radical (unpaired) electrons. The second-order valence-electron chi connectivity index (χ2n) is 7.34. The van der Waals surface area contributed by atoms with Gasteiger partial charge in [0.05, 0.1) is 11.8 Å². The zero-order valence-electron chi connectivity index (χ0n) is 16.6. The van der Waals surface area contributed by atoms with Crippen molar-refractivity contribution >= 4 is 17.5 Å². The molecule has 0 bridgehead atoms. The fourth-order valence-corrected chi connectivity index (χ4v) is 3.35. The lowest BCUT2D eigenvalue weighted by atomic mass is 9.81. The van der Waals surface area contributed by atoms with Crippen LogP contribution in [0, 0.1) is 11.8 Å². The Kier molecular flexibility index (Phi) is 8.58. The largest absolute Gasteiger partial charge is 0.489 e. The molecule has 150 valence electrons. The zero-order chi connectivity index (χ0) is 19.6. The van der Waals surface area contributed by atoms with Crippen LogP contribution < -0.4 is 15.4 Å². The van der Waals surface area contributed by atoms with Gasteiger partial charge in [0.15, 0.2) is 0 Å². The molecule has 27 heavy (non-hydrogen) atoms. The van der Waals surface area contributed by atoms with Gasteiger partial charge in [0, 0.05) is 32.1 Å². The molecule has 0 unspecified atom stereocenters. The quantitative estimate of drug-likeness (QED) is 0.648. The summed E-state index contributed by atoms with van der Waals surface area (Å²) in [6.07, 6.45) is 3.82. The molecule has 2 rings (SSSR count). The standard InChI is InChI=1S/C21H32N2O4/c1-15(2)27-19-8-5-4-7-18(19)23-21(25)17-11-9-16(10-12-17)20(24)22-13-6-14-26-3/h4-5,7-8,15-17H,6,9-14H2,1-3H3,(H,22,24)(H,23,25). The molecule has 1 saturated carbocycles. The van der Waals surface area contributed by atoms with E-state index in [-0.39, 0.29) is 29.8 Å². The van der Waals surface area contributed by atoms with Crippen LogP contribution in [0.15, 0.2) is 24.3 Å². The number of carbonyl (C=O) groups excluding carboxylic acids is 2. The highest BCUT2D eigenvalue weighted by atomic mass is 16.5. The minimum atomic E-state index is -0.0605. The van der Waals surface area contributed by atoms with E-state index >= 15 is 0 Å². The molecule has 0 saturated heterocycles. The first-order valence-corrected chi connectivity index (χ1v) is 9.84. The van der Waals surface area contributed by atoms with Crippen LogP contribution in [0.5, 0.6) is 5.75 Å². The second kappa shape index (κ2) is 10.9. The molecule has 1 aliphatic carbocycles. The molecule has 1 aromatic carbocycles. The van der Waals surface area contributed by atoms with E-state index in [2.05, 4.69) is 10.6 Å². The van der Waals surface area contributed by atoms with Crippen LogP contribution in [0.25, 0.3) is 0 Å². The first kappa shape index (κ1) is 21.2. The van der Waals surface area contributed by atoms with Crippen LogP contribution in [0.3, 0.4) is 0 Å². The number of anilines is 1. The summed E-state index contributed by atoms with van der Waals surface area (Å²) in [6.45, 7) is 5.20. The number of carbonyl (C=O) groups is 2. The molecular weight excluding hydrogens is 344 g/mol. The van der Waals surface area contributed by atoms with Gasteiger partial charge < -0.3 is 20.1 Å². The molecule has 1 aromatic rings. The van der Waals surface area contributed by atoms with E-state index in [0.29, 0.717) is 24.6 Å². The van der Waals surface area contributed by atoms with Crippen molar-refractivity contribution in [2.45, 2.75) is 52.1 Å². The smallest absolute Gasteiger partial charge is 0.227 e. The number of benzene rings is 1. The molecule has 2 amide bonds. The van der Waals surface area contributed by atoms with E-state index in [1.54, 1.807) is 7.11 Å². The van der Waals surface area contributed by atoms with Gasteiger partial charge in [0.25, 0.3) is 0 Å². The van der Waals surface area contributed by atoms with Crippen molar-refractivity contribution in [1.29, 1.82) is 0 Å². The maximum atomic E-state index is 12.6. The summed E-state index contributed by atoms with van der Waals surface area (Å²) in [7, 11) is 1.65. The third-order valence-corrected chi connectivity index (χ3v) is 4.80. The number of ether oxygens (including phenoxy) is 2. The van der Waals surface area contributed by atoms with Gasteiger partial charge in [-0.15, -0.1) is 0 Å². The average molecular weight is 376 g/mol. The van der Waals surface area contributed by atoms with Gasteiger partial charge in [-0.2, -0.15) is 0 Å². The number of rotatable bonds is 9. The topological polar surface area (TPSA) is 76.7 Å². The van der Waals surface area contributed by atoms with E-state index in [1.165, 1.54) is 0 Å². The summed E-state index contributed by atoms with van der Waals surface area (Å²) < 4.78 is 10.7. The molecule has 1 aliphatic rings. The van der Waals surface area contributed by atoms with E-state index in [9.17, 15) is 9.59 Å². The maximum Gasteiger partial charge on any atom is 0.227 e. The lowest BCUT2D eigenvalue weighted by Crippen LogP contribution is -2.36.